The first kappa shape index (κ1) is 18.5. The molecule has 0 saturated carbocycles. The second kappa shape index (κ2) is 8.05. The summed E-state index contributed by atoms with van der Waals surface area (Å²) < 4.78 is 18.0. The number of benzene rings is 2. The first-order valence-electron chi connectivity index (χ1n) is 9.03. The first-order chi connectivity index (χ1) is 14.1. The molecule has 4 rings (SSSR count). The third-order valence-electron chi connectivity index (χ3n) is 4.42. The lowest BCUT2D eigenvalue weighted by molar-refractivity contribution is 0.0600. The monoisotopic (exact) mass is 393 g/mol. The summed E-state index contributed by atoms with van der Waals surface area (Å²) in [4.78, 5) is 23.9. The fourth-order valence-corrected chi connectivity index (χ4v) is 2.97. The number of aromatic nitrogens is 2. The molecule has 0 spiro atoms. The summed E-state index contributed by atoms with van der Waals surface area (Å²) in [5.41, 5.74) is 1.36. The van der Waals surface area contributed by atoms with E-state index in [2.05, 4.69) is 15.2 Å². The number of para-hydroxylation sites is 2. The molecule has 8 heteroatoms. The highest BCUT2D eigenvalue weighted by molar-refractivity contribution is 6.04. The van der Waals surface area contributed by atoms with E-state index in [0.29, 0.717) is 35.7 Å². The van der Waals surface area contributed by atoms with Crippen LogP contribution in [0.3, 0.4) is 0 Å². The quantitative estimate of drug-likeness (QED) is 0.670. The van der Waals surface area contributed by atoms with Crippen LogP contribution >= 0.6 is 0 Å². The Hall–Kier alpha value is -3.81. The van der Waals surface area contributed by atoms with Crippen LogP contribution in [0.1, 0.15) is 20.7 Å². The molecule has 1 amide bonds. The Morgan fingerprint density at radius 2 is 1.86 bits per heavy atom. The highest BCUT2D eigenvalue weighted by Gasteiger charge is 2.21. The normalized spacial score (nSPS) is 14.9. The highest BCUT2D eigenvalue weighted by atomic mass is 16.6. The van der Waals surface area contributed by atoms with Gasteiger partial charge >= 0.3 is 5.97 Å². The van der Waals surface area contributed by atoms with Gasteiger partial charge in [0.2, 0.25) is 0 Å². The van der Waals surface area contributed by atoms with E-state index in [1.54, 1.807) is 41.3 Å². The minimum absolute atomic E-state index is 0.181. The van der Waals surface area contributed by atoms with Crippen LogP contribution in [-0.2, 0) is 11.3 Å². The Morgan fingerprint density at radius 1 is 1.14 bits per heavy atom. The van der Waals surface area contributed by atoms with Crippen molar-refractivity contribution < 1.29 is 23.8 Å². The van der Waals surface area contributed by atoms with Gasteiger partial charge in [0, 0.05) is 11.8 Å². The summed E-state index contributed by atoms with van der Waals surface area (Å²) in [5, 5.41) is 7.05. The molecule has 0 saturated heterocycles. The van der Waals surface area contributed by atoms with Crippen molar-refractivity contribution in [2.45, 2.75) is 12.6 Å². The second-order valence-corrected chi connectivity index (χ2v) is 6.47. The molecule has 2 aromatic carbocycles. The van der Waals surface area contributed by atoms with Crippen LogP contribution in [0.5, 0.6) is 11.5 Å². The number of carbonyl (C=O) groups is 2. The van der Waals surface area contributed by atoms with Crippen molar-refractivity contribution in [2.75, 3.05) is 19.0 Å². The van der Waals surface area contributed by atoms with Gasteiger partial charge in [-0.3, -0.25) is 9.48 Å². The number of nitrogens with one attached hydrogen (secondary N) is 1. The van der Waals surface area contributed by atoms with Crippen molar-refractivity contribution in [3.63, 3.8) is 0 Å². The molecule has 8 nitrogen and oxygen atoms in total. The van der Waals surface area contributed by atoms with Gasteiger partial charge < -0.3 is 19.5 Å². The molecule has 0 fully saturated rings. The number of esters is 1. The number of amides is 1. The zero-order valence-corrected chi connectivity index (χ0v) is 15.7. The van der Waals surface area contributed by atoms with Gasteiger partial charge in [-0.25, -0.2) is 4.79 Å². The molecule has 3 aromatic rings. The summed E-state index contributed by atoms with van der Waals surface area (Å²) in [6.45, 7) is 0.906. The maximum atomic E-state index is 12.4. The fraction of sp³-hybridized carbons (Fsp3) is 0.190. The number of rotatable bonds is 5. The number of hydrogen-bond acceptors (Lipinski definition) is 6. The van der Waals surface area contributed by atoms with Crippen LogP contribution in [0.15, 0.2) is 60.9 Å². The van der Waals surface area contributed by atoms with E-state index in [-0.39, 0.29) is 12.0 Å². The van der Waals surface area contributed by atoms with Gasteiger partial charge in [0.1, 0.15) is 6.61 Å². The standard InChI is InChI=1S/C21H19N3O5/c1-27-21(26)15-8-6-14(7-9-15)20(25)23-16-10-22-24(11-16)12-17-13-28-18-4-2-3-5-19(18)29-17/h2-11,17H,12-13H2,1H3,(H,23,25). The van der Waals surface area contributed by atoms with Crippen LogP contribution in [-0.4, -0.2) is 41.5 Å². The van der Waals surface area contributed by atoms with E-state index in [1.807, 2.05) is 24.3 Å². The van der Waals surface area contributed by atoms with Gasteiger partial charge in [-0.05, 0) is 36.4 Å². The smallest absolute Gasteiger partial charge is 0.337 e. The van der Waals surface area contributed by atoms with Gasteiger partial charge in [0.25, 0.3) is 5.91 Å². The van der Waals surface area contributed by atoms with Crippen LogP contribution in [0.4, 0.5) is 5.69 Å². The number of anilines is 1. The molecule has 0 radical (unpaired) electrons. The van der Waals surface area contributed by atoms with Crippen LogP contribution in [0, 0.1) is 0 Å². The van der Waals surface area contributed by atoms with Crippen molar-refractivity contribution in [1.82, 2.24) is 9.78 Å². The van der Waals surface area contributed by atoms with E-state index in [1.165, 1.54) is 7.11 Å². The highest BCUT2D eigenvalue weighted by Crippen LogP contribution is 2.31. The van der Waals surface area contributed by atoms with Crippen LogP contribution < -0.4 is 14.8 Å². The van der Waals surface area contributed by atoms with E-state index >= 15 is 0 Å². The molecular formula is C21H19N3O5. The summed E-state index contributed by atoms with van der Waals surface area (Å²) in [7, 11) is 1.31. The fourth-order valence-electron chi connectivity index (χ4n) is 2.97. The summed E-state index contributed by atoms with van der Waals surface area (Å²) in [5.74, 6) is 0.692. The Bertz CT molecular complexity index is 1030. The van der Waals surface area contributed by atoms with Crippen molar-refractivity contribution in [2.24, 2.45) is 0 Å². The van der Waals surface area contributed by atoms with E-state index in [4.69, 9.17) is 9.47 Å². The molecule has 1 aliphatic heterocycles. The molecule has 1 atom stereocenters. The third-order valence-corrected chi connectivity index (χ3v) is 4.42. The van der Waals surface area contributed by atoms with Gasteiger partial charge in [-0.1, -0.05) is 12.1 Å². The zero-order chi connectivity index (χ0) is 20.2. The van der Waals surface area contributed by atoms with Crippen LogP contribution in [0.2, 0.25) is 0 Å². The molecule has 0 aliphatic carbocycles. The van der Waals surface area contributed by atoms with Gasteiger partial charge in [-0.15, -0.1) is 0 Å². The molecule has 2 heterocycles. The molecule has 1 aliphatic rings. The minimum atomic E-state index is -0.449. The average molecular weight is 393 g/mol. The van der Waals surface area contributed by atoms with E-state index < -0.39 is 5.97 Å². The molecule has 29 heavy (non-hydrogen) atoms. The van der Waals surface area contributed by atoms with Gasteiger partial charge in [0.15, 0.2) is 17.6 Å². The predicted molar refractivity (Wildman–Crippen MR) is 104 cm³/mol. The summed E-state index contributed by atoms with van der Waals surface area (Å²) >= 11 is 0. The van der Waals surface area contributed by atoms with E-state index in [9.17, 15) is 9.59 Å². The minimum Gasteiger partial charge on any atom is -0.486 e. The van der Waals surface area contributed by atoms with Crippen molar-refractivity contribution >= 4 is 17.6 Å². The molecule has 148 valence electrons. The Balaban J connectivity index is 1.36. The van der Waals surface area contributed by atoms with Crippen LogP contribution in [0.25, 0.3) is 0 Å². The lowest BCUT2D eigenvalue weighted by atomic mass is 10.1. The summed E-state index contributed by atoms with van der Waals surface area (Å²) in [6.07, 6.45) is 3.11. The number of carbonyl (C=O) groups excluding carboxylic acids is 2. The number of nitrogens with zero attached hydrogens (tertiary/aromatic N) is 2. The maximum absolute atomic E-state index is 12.4. The lowest BCUT2D eigenvalue weighted by Gasteiger charge is -2.26. The Morgan fingerprint density at radius 3 is 2.62 bits per heavy atom. The molecule has 0 bridgehead atoms. The maximum Gasteiger partial charge on any atom is 0.337 e. The molecule has 1 N–H and O–H groups in total. The lowest BCUT2D eigenvalue weighted by Crippen LogP contribution is -2.33. The number of ether oxygens (including phenoxy) is 3. The third kappa shape index (κ3) is 4.21. The van der Waals surface area contributed by atoms with Crippen molar-refractivity contribution in [1.29, 1.82) is 0 Å². The molecule has 1 aromatic heterocycles. The molecule has 1 unspecified atom stereocenters. The predicted octanol–water partition coefficient (Wildman–Crippen LogP) is 2.76. The SMILES string of the molecule is COC(=O)c1ccc(C(=O)Nc2cnn(CC3COc4ccccc4O3)c2)cc1. The van der Waals surface area contributed by atoms with Gasteiger partial charge in [-0.2, -0.15) is 5.10 Å². The van der Waals surface area contributed by atoms with Gasteiger partial charge in [0.05, 0.1) is 31.1 Å². The summed E-state index contributed by atoms with van der Waals surface area (Å²) in [6, 6.07) is 13.7. The van der Waals surface area contributed by atoms with E-state index in [0.717, 1.165) is 5.75 Å². The second-order valence-electron chi connectivity index (χ2n) is 6.47. The number of fused-ring (bicyclic) bond motifs is 1. The topological polar surface area (TPSA) is 91.7 Å². The zero-order valence-electron chi connectivity index (χ0n) is 15.7. The van der Waals surface area contributed by atoms with Crippen molar-refractivity contribution in [3.8, 4) is 11.5 Å². The average Bonchev–Trinajstić information content (AvgIpc) is 3.19. The largest absolute Gasteiger partial charge is 0.486 e. The number of methoxy groups -OCH3 is 1. The molecular weight excluding hydrogens is 374 g/mol. The van der Waals surface area contributed by atoms with Crippen molar-refractivity contribution in [3.05, 3.63) is 72.1 Å². The Labute approximate surface area is 167 Å². The first-order valence-corrected chi connectivity index (χ1v) is 9.03. The number of hydrogen-bond donors (Lipinski definition) is 1. The Kier molecular flexibility index (Phi) is 5.15.